The molecule has 1 saturated heterocycles. The summed E-state index contributed by atoms with van der Waals surface area (Å²) in [6.45, 7) is 1.33. The largest absolute Gasteiger partial charge is 0.356 e. The Morgan fingerprint density at radius 1 is 1.50 bits per heavy atom. The van der Waals surface area contributed by atoms with Crippen LogP contribution in [0.15, 0.2) is 4.99 Å². The van der Waals surface area contributed by atoms with E-state index in [-0.39, 0.29) is 30.7 Å². The normalized spacial score (nSPS) is 20.4. The number of nitrogens with zero attached hydrogens (tertiary/aromatic N) is 1. The Labute approximate surface area is 118 Å². The van der Waals surface area contributed by atoms with Gasteiger partial charge < -0.3 is 10.6 Å². The van der Waals surface area contributed by atoms with Gasteiger partial charge in [-0.3, -0.25) is 9.38 Å². The van der Waals surface area contributed by atoms with Crippen LogP contribution < -0.4 is 10.6 Å². The number of nitrogens with one attached hydrogen (secondary N) is 2. The molecule has 0 aromatic rings. The molecule has 16 heavy (non-hydrogen) atoms. The van der Waals surface area contributed by atoms with E-state index in [1.807, 2.05) is 11.8 Å². The van der Waals surface area contributed by atoms with Gasteiger partial charge in [-0.15, -0.1) is 24.0 Å². The summed E-state index contributed by atoms with van der Waals surface area (Å²) in [5.41, 5.74) is 0. The van der Waals surface area contributed by atoms with Crippen molar-refractivity contribution >= 4 is 41.7 Å². The molecular formula is C10H21FIN3S. The second-order valence-electron chi connectivity index (χ2n) is 3.56. The molecule has 0 aromatic heterocycles. The summed E-state index contributed by atoms with van der Waals surface area (Å²) in [6, 6.07) is 0. The maximum Gasteiger partial charge on any atom is 0.191 e. The number of hydrogen-bond donors (Lipinski definition) is 2. The summed E-state index contributed by atoms with van der Waals surface area (Å²) in [5.74, 6) is 2.07. The lowest BCUT2D eigenvalue weighted by atomic mass is 10.2. The van der Waals surface area contributed by atoms with Gasteiger partial charge in [-0.25, -0.2) is 0 Å². The molecule has 1 fully saturated rings. The third kappa shape index (κ3) is 6.78. The minimum atomic E-state index is -0.275. The first-order valence-electron chi connectivity index (χ1n) is 5.49. The fraction of sp³-hybridized carbons (Fsp3) is 0.900. The lowest BCUT2D eigenvalue weighted by molar-refractivity contribution is 0.470. The van der Waals surface area contributed by atoms with E-state index in [0.717, 1.165) is 12.5 Å². The molecule has 6 heteroatoms. The van der Waals surface area contributed by atoms with Crippen LogP contribution in [0.1, 0.15) is 19.3 Å². The first-order chi connectivity index (χ1) is 7.36. The second kappa shape index (κ2) is 10.4. The Bertz CT molecular complexity index is 199. The zero-order valence-corrected chi connectivity index (χ0v) is 12.8. The second-order valence-corrected chi connectivity index (χ2v) is 4.97. The van der Waals surface area contributed by atoms with E-state index in [4.69, 9.17) is 0 Å². The van der Waals surface area contributed by atoms with Crippen molar-refractivity contribution in [2.24, 2.45) is 4.99 Å². The van der Waals surface area contributed by atoms with E-state index >= 15 is 0 Å². The van der Waals surface area contributed by atoms with Gasteiger partial charge in [0.1, 0.15) is 0 Å². The number of halogens is 2. The highest BCUT2D eigenvalue weighted by Crippen LogP contribution is 2.25. The van der Waals surface area contributed by atoms with Crippen molar-refractivity contribution < 1.29 is 4.39 Å². The van der Waals surface area contributed by atoms with Gasteiger partial charge in [0, 0.05) is 25.4 Å². The number of alkyl halides is 1. The predicted molar refractivity (Wildman–Crippen MR) is 80.9 cm³/mol. The maximum atomic E-state index is 11.9. The molecule has 0 saturated carbocycles. The minimum absolute atomic E-state index is 0. The van der Waals surface area contributed by atoms with Crippen LogP contribution in [0.4, 0.5) is 4.39 Å². The van der Waals surface area contributed by atoms with Crippen LogP contribution in [-0.2, 0) is 0 Å². The quantitative estimate of drug-likeness (QED) is 0.341. The van der Waals surface area contributed by atoms with Crippen molar-refractivity contribution in [3.8, 4) is 0 Å². The Balaban J connectivity index is 0.00000225. The molecule has 3 nitrogen and oxygen atoms in total. The molecule has 0 amide bonds. The molecule has 2 N–H and O–H groups in total. The molecular weight excluding hydrogens is 340 g/mol. The van der Waals surface area contributed by atoms with Crippen molar-refractivity contribution in [2.45, 2.75) is 24.5 Å². The van der Waals surface area contributed by atoms with Crippen molar-refractivity contribution in [2.75, 3.05) is 32.6 Å². The molecule has 1 aliphatic rings. The highest BCUT2D eigenvalue weighted by Gasteiger charge is 2.15. The van der Waals surface area contributed by atoms with Crippen molar-refractivity contribution in [1.29, 1.82) is 0 Å². The highest BCUT2D eigenvalue weighted by molar-refractivity contribution is 14.0. The van der Waals surface area contributed by atoms with Gasteiger partial charge in [0.05, 0.1) is 6.67 Å². The lowest BCUT2D eigenvalue weighted by Gasteiger charge is -2.14. The topological polar surface area (TPSA) is 36.4 Å². The molecule has 0 aromatic carbocycles. The van der Waals surface area contributed by atoms with Crippen LogP contribution in [0.3, 0.4) is 0 Å². The highest BCUT2D eigenvalue weighted by atomic mass is 127. The first kappa shape index (κ1) is 16.3. The molecule has 1 heterocycles. The molecule has 1 atom stereocenters. The molecule has 0 bridgehead atoms. The van der Waals surface area contributed by atoms with Crippen LogP contribution in [0, 0.1) is 0 Å². The molecule has 1 unspecified atom stereocenters. The van der Waals surface area contributed by atoms with Gasteiger partial charge in [0.2, 0.25) is 0 Å². The van der Waals surface area contributed by atoms with E-state index < -0.39 is 0 Å². The summed E-state index contributed by atoms with van der Waals surface area (Å²) in [6.07, 6.45) is 3.16. The minimum Gasteiger partial charge on any atom is -0.356 e. The summed E-state index contributed by atoms with van der Waals surface area (Å²) >= 11 is 2.02. The van der Waals surface area contributed by atoms with Crippen LogP contribution in [0.5, 0.6) is 0 Å². The fourth-order valence-electron chi connectivity index (χ4n) is 1.51. The summed E-state index contributed by atoms with van der Waals surface area (Å²) < 4.78 is 11.9. The van der Waals surface area contributed by atoms with Gasteiger partial charge in [0.25, 0.3) is 0 Å². The van der Waals surface area contributed by atoms with E-state index in [1.165, 1.54) is 18.6 Å². The van der Waals surface area contributed by atoms with Crippen LogP contribution >= 0.6 is 35.7 Å². The predicted octanol–water partition coefficient (Wildman–Crippen LogP) is 2.02. The average Bonchev–Trinajstić information content (AvgIpc) is 2.76. The summed E-state index contributed by atoms with van der Waals surface area (Å²) in [4.78, 5) is 4.08. The monoisotopic (exact) mass is 361 g/mol. The number of aliphatic imine (C=N–C) groups is 1. The van der Waals surface area contributed by atoms with E-state index in [9.17, 15) is 4.39 Å². The smallest absolute Gasteiger partial charge is 0.191 e. The van der Waals surface area contributed by atoms with Gasteiger partial charge in [-0.1, -0.05) is 0 Å². The molecule has 96 valence electrons. The molecule has 0 radical (unpaired) electrons. The Morgan fingerprint density at radius 2 is 2.31 bits per heavy atom. The Kier molecular flexibility index (Phi) is 10.6. The number of guanidine groups is 1. The van der Waals surface area contributed by atoms with Gasteiger partial charge in [0.15, 0.2) is 5.96 Å². The van der Waals surface area contributed by atoms with E-state index in [0.29, 0.717) is 18.2 Å². The van der Waals surface area contributed by atoms with Gasteiger partial charge in [-0.05, 0) is 25.0 Å². The van der Waals surface area contributed by atoms with Gasteiger partial charge in [-0.2, -0.15) is 11.8 Å². The summed E-state index contributed by atoms with van der Waals surface area (Å²) in [7, 11) is 1.74. The SMILES string of the molecule is CN=C(NCCCF)NCC1CCCS1.I. The van der Waals surface area contributed by atoms with Gasteiger partial charge >= 0.3 is 0 Å². The first-order valence-corrected chi connectivity index (χ1v) is 6.53. The lowest BCUT2D eigenvalue weighted by Crippen LogP contribution is -2.40. The van der Waals surface area contributed by atoms with Crippen LogP contribution in [-0.4, -0.2) is 43.8 Å². The molecule has 1 rings (SSSR count). The fourth-order valence-corrected chi connectivity index (χ4v) is 2.71. The Morgan fingerprint density at radius 3 is 2.88 bits per heavy atom. The third-order valence-corrected chi connectivity index (χ3v) is 3.75. The Hall–Kier alpha value is 0.280. The number of rotatable bonds is 5. The number of hydrogen-bond acceptors (Lipinski definition) is 2. The van der Waals surface area contributed by atoms with Crippen LogP contribution in [0.25, 0.3) is 0 Å². The average molecular weight is 361 g/mol. The molecule has 1 aliphatic heterocycles. The zero-order valence-electron chi connectivity index (χ0n) is 9.67. The zero-order chi connectivity index (χ0) is 10.9. The number of thioether (sulfide) groups is 1. The van der Waals surface area contributed by atoms with Crippen molar-refractivity contribution in [3.05, 3.63) is 0 Å². The van der Waals surface area contributed by atoms with Crippen molar-refractivity contribution in [1.82, 2.24) is 10.6 Å². The molecule has 0 spiro atoms. The third-order valence-electron chi connectivity index (χ3n) is 2.35. The van der Waals surface area contributed by atoms with Crippen molar-refractivity contribution in [3.63, 3.8) is 0 Å². The van der Waals surface area contributed by atoms with E-state index in [2.05, 4.69) is 15.6 Å². The van der Waals surface area contributed by atoms with Crippen LogP contribution in [0.2, 0.25) is 0 Å². The van der Waals surface area contributed by atoms with E-state index in [1.54, 1.807) is 7.05 Å². The maximum absolute atomic E-state index is 11.9. The summed E-state index contributed by atoms with van der Waals surface area (Å²) in [5, 5.41) is 7.06. The standard InChI is InChI=1S/C10H20FN3S.HI/c1-12-10(13-6-3-5-11)14-8-9-4-2-7-15-9;/h9H,2-8H2,1H3,(H2,12,13,14);1H. The molecule has 0 aliphatic carbocycles.